The van der Waals surface area contributed by atoms with Gasteiger partial charge in [0.05, 0.1) is 5.56 Å². The van der Waals surface area contributed by atoms with E-state index in [1.165, 1.54) is 6.07 Å². The fourth-order valence-corrected chi connectivity index (χ4v) is 1.77. The molecule has 1 amide bonds. The number of carbonyl (C=O) groups excluding carboxylic acids is 1. The van der Waals surface area contributed by atoms with E-state index in [-0.39, 0.29) is 5.56 Å². The minimum atomic E-state index is -0.565. The Balaban J connectivity index is 2.31. The SMILES string of the molecule is NCc1ccc(Oc2cc(Cl)ccc2C(N)=O)cc1. The van der Waals surface area contributed by atoms with E-state index in [1.807, 2.05) is 12.1 Å². The van der Waals surface area contributed by atoms with Crippen molar-refractivity contribution in [1.29, 1.82) is 0 Å². The molecule has 0 aliphatic heterocycles. The van der Waals surface area contributed by atoms with Gasteiger partial charge in [-0.25, -0.2) is 0 Å². The molecule has 0 aromatic heterocycles. The molecule has 4 N–H and O–H groups in total. The Morgan fingerprint density at radius 3 is 2.42 bits per heavy atom. The zero-order valence-electron chi connectivity index (χ0n) is 10.1. The number of hydrogen-bond acceptors (Lipinski definition) is 3. The van der Waals surface area contributed by atoms with Crippen LogP contribution in [0.3, 0.4) is 0 Å². The van der Waals surface area contributed by atoms with Crippen LogP contribution < -0.4 is 16.2 Å². The molecule has 0 saturated heterocycles. The van der Waals surface area contributed by atoms with Crippen LogP contribution >= 0.6 is 11.6 Å². The number of benzene rings is 2. The van der Waals surface area contributed by atoms with E-state index < -0.39 is 5.91 Å². The van der Waals surface area contributed by atoms with Crippen LogP contribution in [0.5, 0.6) is 11.5 Å². The van der Waals surface area contributed by atoms with Crippen molar-refractivity contribution in [2.24, 2.45) is 11.5 Å². The molecular formula is C14H13ClN2O2. The highest BCUT2D eigenvalue weighted by Crippen LogP contribution is 2.28. The quantitative estimate of drug-likeness (QED) is 0.901. The lowest BCUT2D eigenvalue weighted by Crippen LogP contribution is -2.12. The smallest absolute Gasteiger partial charge is 0.252 e. The van der Waals surface area contributed by atoms with E-state index >= 15 is 0 Å². The minimum Gasteiger partial charge on any atom is -0.456 e. The molecule has 0 spiro atoms. The molecule has 0 fully saturated rings. The first-order valence-electron chi connectivity index (χ1n) is 5.66. The normalized spacial score (nSPS) is 10.2. The number of hydrogen-bond donors (Lipinski definition) is 2. The Morgan fingerprint density at radius 1 is 1.16 bits per heavy atom. The van der Waals surface area contributed by atoms with Gasteiger partial charge in [0.1, 0.15) is 11.5 Å². The second-order valence-corrected chi connectivity index (χ2v) is 4.39. The molecule has 0 unspecified atom stereocenters. The van der Waals surface area contributed by atoms with Crippen molar-refractivity contribution in [3.63, 3.8) is 0 Å². The van der Waals surface area contributed by atoms with E-state index in [0.717, 1.165) is 5.56 Å². The van der Waals surface area contributed by atoms with Gasteiger partial charge in [0.25, 0.3) is 5.91 Å². The third-order valence-electron chi connectivity index (χ3n) is 2.60. The fraction of sp³-hybridized carbons (Fsp3) is 0.0714. The maximum atomic E-state index is 11.3. The lowest BCUT2D eigenvalue weighted by atomic mass is 10.2. The summed E-state index contributed by atoms with van der Waals surface area (Å²) in [6.45, 7) is 0.462. The topological polar surface area (TPSA) is 78.3 Å². The largest absolute Gasteiger partial charge is 0.456 e. The average molecular weight is 277 g/mol. The molecular weight excluding hydrogens is 264 g/mol. The Kier molecular flexibility index (Phi) is 4.04. The summed E-state index contributed by atoms with van der Waals surface area (Å²) in [7, 11) is 0. The predicted molar refractivity (Wildman–Crippen MR) is 74.4 cm³/mol. The summed E-state index contributed by atoms with van der Waals surface area (Å²) in [5, 5.41) is 0.471. The number of rotatable bonds is 4. The molecule has 19 heavy (non-hydrogen) atoms. The standard InChI is InChI=1S/C14H13ClN2O2/c15-10-3-6-12(14(17)18)13(7-10)19-11-4-1-9(8-16)2-5-11/h1-7H,8,16H2,(H2,17,18). The maximum Gasteiger partial charge on any atom is 0.252 e. The van der Waals surface area contributed by atoms with Crippen molar-refractivity contribution in [2.45, 2.75) is 6.54 Å². The third-order valence-corrected chi connectivity index (χ3v) is 2.83. The molecule has 2 aromatic rings. The number of ether oxygens (including phenoxy) is 1. The fourth-order valence-electron chi connectivity index (χ4n) is 1.60. The summed E-state index contributed by atoms with van der Waals surface area (Å²) in [5.41, 5.74) is 12.1. The number of primary amides is 1. The summed E-state index contributed by atoms with van der Waals surface area (Å²) in [6.07, 6.45) is 0. The van der Waals surface area contributed by atoms with Gasteiger partial charge >= 0.3 is 0 Å². The molecule has 0 heterocycles. The highest BCUT2D eigenvalue weighted by Gasteiger charge is 2.10. The van der Waals surface area contributed by atoms with E-state index in [4.69, 9.17) is 27.8 Å². The van der Waals surface area contributed by atoms with Crippen LogP contribution in [0.15, 0.2) is 42.5 Å². The average Bonchev–Trinajstić information content (AvgIpc) is 2.39. The van der Waals surface area contributed by atoms with Crippen molar-refractivity contribution in [3.8, 4) is 11.5 Å². The highest BCUT2D eigenvalue weighted by atomic mass is 35.5. The van der Waals surface area contributed by atoms with Crippen molar-refractivity contribution in [1.82, 2.24) is 0 Å². The van der Waals surface area contributed by atoms with E-state index in [9.17, 15) is 4.79 Å². The van der Waals surface area contributed by atoms with Gasteiger partial charge in [0.15, 0.2) is 0 Å². The van der Waals surface area contributed by atoms with E-state index in [1.54, 1.807) is 24.3 Å². The lowest BCUT2D eigenvalue weighted by Gasteiger charge is -2.10. The molecule has 5 heteroatoms. The molecule has 0 saturated carbocycles. The van der Waals surface area contributed by atoms with Crippen LogP contribution in [0.2, 0.25) is 5.02 Å². The van der Waals surface area contributed by atoms with E-state index in [2.05, 4.69) is 0 Å². The summed E-state index contributed by atoms with van der Waals surface area (Å²) < 4.78 is 5.63. The minimum absolute atomic E-state index is 0.285. The second-order valence-electron chi connectivity index (χ2n) is 3.95. The van der Waals surface area contributed by atoms with E-state index in [0.29, 0.717) is 23.1 Å². The maximum absolute atomic E-state index is 11.3. The van der Waals surface area contributed by atoms with Crippen LogP contribution in [-0.4, -0.2) is 5.91 Å². The van der Waals surface area contributed by atoms with Crippen LogP contribution in [0.4, 0.5) is 0 Å². The summed E-state index contributed by atoms with van der Waals surface area (Å²) in [4.78, 5) is 11.3. The molecule has 0 aliphatic carbocycles. The molecule has 0 atom stereocenters. The monoisotopic (exact) mass is 276 g/mol. The number of carbonyl (C=O) groups is 1. The third kappa shape index (κ3) is 3.24. The van der Waals surface area contributed by atoms with Crippen LogP contribution in [0.25, 0.3) is 0 Å². The number of halogens is 1. The Morgan fingerprint density at radius 2 is 1.84 bits per heavy atom. The Bertz CT molecular complexity index is 597. The zero-order chi connectivity index (χ0) is 13.8. The van der Waals surface area contributed by atoms with Crippen LogP contribution in [0, 0.1) is 0 Å². The predicted octanol–water partition coefficient (Wildman–Crippen LogP) is 2.69. The van der Waals surface area contributed by atoms with Crippen LogP contribution in [-0.2, 0) is 6.54 Å². The van der Waals surface area contributed by atoms with Gasteiger partial charge in [-0.05, 0) is 29.8 Å². The van der Waals surface area contributed by atoms with Gasteiger partial charge in [-0.3, -0.25) is 4.79 Å². The van der Waals surface area contributed by atoms with Gasteiger partial charge < -0.3 is 16.2 Å². The van der Waals surface area contributed by atoms with Crippen molar-refractivity contribution < 1.29 is 9.53 Å². The first-order chi connectivity index (χ1) is 9.10. The highest BCUT2D eigenvalue weighted by molar-refractivity contribution is 6.30. The van der Waals surface area contributed by atoms with Crippen molar-refractivity contribution in [2.75, 3.05) is 0 Å². The summed E-state index contributed by atoms with van der Waals surface area (Å²) in [5.74, 6) is 0.354. The first kappa shape index (κ1) is 13.4. The number of amides is 1. The first-order valence-corrected chi connectivity index (χ1v) is 6.04. The molecule has 0 radical (unpaired) electrons. The molecule has 2 rings (SSSR count). The van der Waals surface area contributed by atoms with Gasteiger partial charge in [0, 0.05) is 17.6 Å². The van der Waals surface area contributed by atoms with Gasteiger partial charge in [-0.2, -0.15) is 0 Å². The molecule has 2 aromatic carbocycles. The molecule has 98 valence electrons. The zero-order valence-corrected chi connectivity index (χ0v) is 10.9. The van der Waals surface area contributed by atoms with Crippen molar-refractivity contribution in [3.05, 3.63) is 58.6 Å². The lowest BCUT2D eigenvalue weighted by molar-refractivity contribution is 0.0998. The van der Waals surface area contributed by atoms with Gasteiger partial charge in [0.2, 0.25) is 0 Å². The summed E-state index contributed by atoms with van der Waals surface area (Å²) >= 11 is 5.89. The van der Waals surface area contributed by atoms with Crippen LogP contribution in [0.1, 0.15) is 15.9 Å². The van der Waals surface area contributed by atoms with Gasteiger partial charge in [-0.1, -0.05) is 23.7 Å². The molecule has 0 bridgehead atoms. The second kappa shape index (κ2) is 5.73. The van der Waals surface area contributed by atoms with Gasteiger partial charge in [-0.15, -0.1) is 0 Å². The Labute approximate surface area is 115 Å². The Hall–Kier alpha value is -2.04. The molecule has 4 nitrogen and oxygen atoms in total. The molecule has 0 aliphatic rings. The number of nitrogens with two attached hydrogens (primary N) is 2. The van der Waals surface area contributed by atoms with Crippen molar-refractivity contribution >= 4 is 17.5 Å². The summed E-state index contributed by atoms with van der Waals surface area (Å²) in [6, 6.07) is 11.9.